The van der Waals surface area contributed by atoms with Crippen LogP contribution in [0.5, 0.6) is 5.75 Å². The van der Waals surface area contributed by atoms with Crippen LogP contribution in [-0.4, -0.2) is 74.7 Å². The smallest absolute Gasteiger partial charge is 0.240 e. The standard InChI is InChI=1S/C38H59N5O4/c1-22(2)19-40-20-25-13-27(15-29(14-25)42(7)8)30-12-10-11-26(36(30)46-9)21-43-35(34(24(4)44)33(18-39)47-43)37(45)41-32-17-28-16-31(23(32)3)38(28,5)6/h10-15,22-24,28,31-35,40,44H,16-21,39H2,1-9H3,(H,41,45)/t23-,24-,28+,31-,32?,33-,34+,35-/m0/s1. The Kier molecular flexibility index (Phi) is 10.9. The highest BCUT2D eigenvalue weighted by Gasteiger charge is 2.57. The summed E-state index contributed by atoms with van der Waals surface area (Å²) in [4.78, 5) is 22.7. The fraction of sp³-hybridized carbons (Fsp3) is 0.658. The van der Waals surface area contributed by atoms with E-state index in [2.05, 4.69) is 88.5 Å². The molecule has 9 nitrogen and oxygen atoms in total. The highest BCUT2D eigenvalue weighted by atomic mass is 16.7. The largest absolute Gasteiger partial charge is 0.496 e. The molecule has 1 amide bonds. The van der Waals surface area contributed by atoms with Gasteiger partial charge in [-0.15, -0.1) is 0 Å². The Bertz CT molecular complexity index is 1390. The number of methoxy groups -OCH3 is 1. The number of fused-ring (bicyclic) bond motifs is 2. The number of nitrogens with one attached hydrogen (secondary N) is 2. The molecule has 9 heteroatoms. The van der Waals surface area contributed by atoms with Crippen LogP contribution in [0.4, 0.5) is 5.69 Å². The van der Waals surface area contributed by atoms with Crippen molar-refractivity contribution < 1.29 is 19.5 Å². The van der Waals surface area contributed by atoms with Gasteiger partial charge in [-0.25, -0.2) is 0 Å². The molecule has 4 aliphatic rings. The molecule has 3 saturated carbocycles. The Hall–Kier alpha value is -2.69. The minimum absolute atomic E-state index is 0.102. The first-order valence-electron chi connectivity index (χ1n) is 17.6. The summed E-state index contributed by atoms with van der Waals surface area (Å²) >= 11 is 0. The number of nitrogens with two attached hydrogens (primary N) is 1. The average molecular weight is 650 g/mol. The van der Waals surface area contributed by atoms with Crippen molar-refractivity contribution in [2.24, 2.45) is 40.7 Å². The summed E-state index contributed by atoms with van der Waals surface area (Å²) in [6.45, 7) is 15.4. The number of hydrogen-bond donors (Lipinski definition) is 4. The lowest BCUT2D eigenvalue weighted by molar-refractivity contribution is -0.175. The third-order valence-electron chi connectivity index (χ3n) is 11.4. The molecule has 5 N–H and O–H groups in total. The quantitative estimate of drug-likeness (QED) is 0.245. The number of ether oxygens (including phenoxy) is 1. The van der Waals surface area contributed by atoms with E-state index in [1.165, 1.54) is 12.0 Å². The molecular weight excluding hydrogens is 590 g/mol. The van der Waals surface area contributed by atoms with E-state index in [1.54, 1.807) is 19.1 Å². The van der Waals surface area contributed by atoms with E-state index in [0.717, 1.165) is 47.6 Å². The third kappa shape index (κ3) is 7.20. The Morgan fingerprint density at radius 2 is 1.94 bits per heavy atom. The third-order valence-corrected chi connectivity index (χ3v) is 11.4. The number of para-hydroxylation sites is 1. The van der Waals surface area contributed by atoms with Crippen molar-refractivity contribution in [2.45, 2.75) is 91.8 Å². The van der Waals surface area contributed by atoms with Crippen molar-refractivity contribution in [3.8, 4) is 16.9 Å². The van der Waals surface area contributed by atoms with Crippen molar-refractivity contribution in [2.75, 3.05) is 39.2 Å². The molecular formula is C38H59N5O4. The van der Waals surface area contributed by atoms with E-state index in [9.17, 15) is 9.90 Å². The number of aliphatic hydroxyl groups is 1. The average Bonchev–Trinajstić information content (AvgIpc) is 3.40. The summed E-state index contributed by atoms with van der Waals surface area (Å²) in [6.07, 6.45) is 0.980. The second kappa shape index (κ2) is 14.4. The van der Waals surface area contributed by atoms with Crippen LogP contribution in [0.3, 0.4) is 0 Å². The summed E-state index contributed by atoms with van der Waals surface area (Å²) in [5, 5.41) is 19.7. The van der Waals surface area contributed by atoms with Crippen molar-refractivity contribution in [1.82, 2.24) is 15.7 Å². The number of benzene rings is 2. The van der Waals surface area contributed by atoms with E-state index < -0.39 is 24.2 Å². The molecule has 6 rings (SSSR count). The first kappa shape index (κ1) is 35.6. The second-order valence-corrected chi connectivity index (χ2v) is 15.6. The Morgan fingerprint density at radius 1 is 1.19 bits per heavy atom. The molecule has 2 aromatic carbocycles. The van der Waals surface area contributed by atoms with Gasteiger partial charge in [0.15, 0.2) is 0 Å². The fourth-order valence-corrected chi connectivity index (χ4v) is 8.57. The van der Waals surface area contributed by atoms with Crippen LogP contribution in [0.1, 0.15) is 65.5 Å². The highest BCUT2D eigenvalue weighted by Crippen LogP contribution is 2.61. The summed E-state index contributed by atoms with van der Waals surface area (Å²) < 4.78 is 6.10. The van der Waals surface area contributed by atoms with Crippen molar-refractivity contribution in [3.05, 3.63) is 47.5 Å². The molecule has 1 unspecified atom stereocenters. The molecule has 2 bridgehead atoms. The highest BCUT2D eigenvalue weighted by molar-refractivity contribution is 5.83. The van der Waals surface area contributed by atoms with Crippen molar-refractivity contribution in [3.63, 3.8) is 0 Å². The SMILES string of the molecule is COc1c(CN2O[C@@H](CN)[C@@H]([C@H](C)O)[C@H]2C(=O)NC2C[C@H]3C[C@@H]([C@@H]2C)C3(C)C)cccc1-c1cc(CNCC(C)C)cc(N(C)C)c1. The van der Waals surface area contributed by atoms with E-state index in [-0.39, 0.29) is 18.5 Å². The topological polar surface area (TPSA) is 112 Å². The van der Waals surface area contributed by atoms with Crippen LogP contribution in [-0.2, 0) is 22.7 Å². The number of amides is 1. The van der Waals surface area contributed by atoms with Gasteiger partial charge in [-0.3, -0.25) is 9.63 Å². The number of hydroxylamine groups is 2. The summed E-state index contributed by atoms with van der Waals surface area (Å²) in [7, 11) is 5.80. The van der Waals surface area contributed by atoms with E-state index in [1.807, 2.05) is 12.1 Å². The van der Waals surface area contributed by atoms with Crippen LogP contribution in [0.15, 0.2) is 36.4 Å². The molecule has 0 radical (unpaired) electrons. The molecule has 4 fully saturated rings. The van der Waals surface area contributed by atoms with Gasteiger partial charge in [-0.2, -0.15) is 5.06 Å². The van der Waals surface area contributed by atoms with Gasteiger partial charge in [0.25, 0.3) is 0 Å². The maximum absolute atomic E-state index is 14.2. The molecule has 8 atom stereocenters. The van der Waals surface area contributed by atoms with Gasteiger partial charge in [0.2, 0.25) is 5.91 Å². The molecule has 1 aliphatic heterocycles. The van der Waals surface area contributed by atoms with Crippen LogP contribution in [0, 0.1) is 35.0 Å². The molecule has 1 saturated heterocycles. The van der Waals surface area contributed by atoms with E-state index in [4.69, 9.17) is 15.3 Å². The van der Waals surface area contributed by atoms with Crippen LogP contribution < -0.4 is 26.0 Å². The number of anilines is 1. The first-order chi connectivity index (χ1) is 22.3. The zero-order chi connectivity index (χ0) is 34.2. The number of carbonyl (C=O) groups excluding carboxylic acids is 1. The maximum atomic E-state index is 14.2. The normalized spacial score (nSPS) is 29.0. The predicted octanol–water partition coefficient (Wildman–Crippen LogP) is 4.80. The zero-order valence-corrected chi connectivity index (χ0v) is 30.0. The van der Waals surface area contributed by atoms with Crippen LogP contribution >= 0.6 is 0 Å². The van der Waals surface area contributed by atoms with Gasteiger partial charge >= 0.3 is 0 Å². The number of rotatable bonds is 13. The monoisotopic (exact) mass is 649 g/mol. The molecule has 260 valence electrons. The molecule has 2 aromatic rings. The lowest BCUT2D eigenvalue weighted by atomic mass is 9.45. The second-order valence-electron chi connectivity index (χ2n) is 15.6. The van der Waals surface area contributed by atoms with E-state index in [0.29, 0.717) is 35.6 Å². The number of hydrogen-bond acceptors (Lipinski definition) is 8. The molecule has 1 heterocycles. The first-order valence-corrected chi connectivity index (χ1v) is 17.6. The minimum atomic E-state index is -0.773. The lowest BCUT2D eigenvalue weighted by Crippen LogP contribution is -2.62. The van der Waals surface area contributed by atoms with Crippen LogP contribution in [0.2, 0.25) is 0 Å². The molecule has 0 spiro atoms. The molecule has 0 aromatic heterocycles. The minimum Gasteiger partial charge on any atom is -0.496 e. The number of nitrogens with zero attached hydrogens (tertiary/aromatic N) is 2. The Labute approximate surface area is 282 Å². The number of aliphatic hydroxyl groups excluding tert-OH is 1. The van der Waals surface area contributed by atoms with Gasteiger partial charge in [0, 0.05) is 56.0 Å². The van der Waals surface area contributed by atoms with E-state index >= 15 is 0 Å². The summed E-state index contributed by atoms with van der Waals surface area (Å²) in [5.41, 5.74) is 11.7. The Balaban J connectivity index is 1.43. The summed E-state index contributed by atoms with van der Waals surface area (Å²) in [5.74, 6) is 2.37. The predicted molar refractivity (Wildman–Crippen MR) is 189 cm³/mol. The maximum Gasteiger partial charge on any atom is 0.240 e. The van der Waals surface area contributed by atoms with Crippen LogP contribution in [0.25, 0.3) is 11.1 Å². The van der Waals surface area contributed by atoms with Crippen molar-refractivity contribution in [1.29, 1.82) is 0 Å². The fourth-order valence-electron chi connectivity index (χ4n) is 8.57. The molecule has 3 aliphatic carbocycles. The lowest BCUT2D eigenvalue weighted by Gasteiger charge is -2.62. The Morgan fingerprint density at radius 3 is 2.53 bits per heavy atom. The van der Waals surface area contributed by atoms with Gasteiger partial charge < -0.3 is 31.1 Å². The van der Waals surface area contributed by atoms with Gasteiger partial charge in [0.1, 0.15) is 11.8 Å². The van der Waals surface area contributed by atoms with Gasteiger partial charge in [0.05, 0.1) is 25.9 Å². The zero-order valence-electron chi connectivity index (χ0n) is 30.0. The summed E-state index contributed by atoms with van der Waals surface area (Å²) in [6, 6.07) is 12.2. The number of carbonyl (C=O) groups is 1. The van der Waals surface area contributed by atoms with Gasteiger partial charge in [-0.1, -0.05) is 52.8 Å². The molecule has 47 heavy (non-hydrogen) atoms. The van der Waals surface area contributed by atoms with Gasteiger partial charge in [-0.05, 0) is 84.7 Å². The van der Waals surface area contributed by atoms with Crippen molar-refractivity contribution >= 4 is 11.6 Å².